The molecule has 0 aliphatic heterocycles. The predicted octanol–water partition coefficient (Wildman–Crippen LogP) is 2.96. The van der Waals surface area contributed by atoms with Crippen LogP contribution in [0.25, 0.3) is 0 Å². The van der Waals surface area contributed by atoms with Crippen LogP contribution in [-0.2, 0) is 4.74 Å². The standard InChI is InChI=1S/C11H18O/c1-5-6-7-8-10(2)11(3)9-12-4/h5-8,11H,2,9H2,1,3-4H3/b6-5-,8-7-. The molecule has 0 bridgehead atoms. The Morgan fingerprint density at radius 1 is 1.50 bits per heavy atom. The molecule has 0 aromatic carbocycles. The van der Waals surface area contributed by atoms with Gasteiger partial charge in [0.15, 0.2) is 0 Å². The minimum atomic E-state index is 0.400. The van der Waals surface area contributed by atoms with Crippen LogP contribution in [0.4, 0.5) is 0 Å². The van der Waals surface area contributed by atoms with Gasteiger partial charge in [0.05, 0.1) is 6.61 Å². The second kappa shape index (κ2) is 6.86. The quantitative estimate of drug-likeness (QED) is 0.570. The van der Waals surface area contributed by atoms with Gasteiger partial charge in [-0.15, -0.1) is 0 Å². The molecule has 0 aromatic rings. The van der Waals surface area contributed by atoms with Crippen LogP contribution in [0, 0.1) is 5.92 Å². The summed E-state index contributed by atoms with van der Waals surface area (Å²) in [7, 11) is 1.71. The lowest BCUT2D eigenvalue weighted by molar-refractivity contribution is 0.173. The summed E-state index contributed by atoms with van der Waals surface area (Å²) in [5.74, 6) is 0.400. The lowest BCUT2D eigenvalue weighted by Gasteiger charge is -2.08. The number of ether oxygens (including phenoxy) is 1. The first-order chi connectivity index (χ1) is 5.72. The summed E-state index contributed by atoms with van der Waals surface area (Å²) in [6, 6.07) is 0. The first kappa shape index (κ1) is 11.2. The fraction of sp³-hybridized carbons (Fsp3) is 0.455. The largest absolute Gasteiger partial charge is 0.384 e. The Morgan fingerprint density at radius 3 is 2.67 bits per heavy atom. The van der Waals surface area contributed by atoms with Crippen molar-refractivity contribution in [2.75, 3.05) is 13.7 Å². The molecule has 0 heterocycles. The maximum atomic E-state index is 5.02. The molecule has 68 valence electrons. The van der Waals surface area contributed by atoms with Crippen LogP contribution < -0.4 is 0 Å². The van der Waals surface area contributed by atoms with Crippen molar-refractivity contribution in [2.45, 2.75) is 13.8 Å². The molecular weight excluding hydrogens is 148 g/mol. The number of rotatable bonds is 5. The van der Waals surface area contributed by atoms with Crippen molar-refractivity contribution in [2.24, 2.45) is 5.92 Å². The van der Waals surface area contributed by atoms with Crippen LogP contribution >= 0.6 is 0 Å². The molecule has 0 rings (SSSR count). The van der Waals surface area contributed by atoms with Crippen LogP contribution in [0.5, 0.6) is 0 Å². The number of hydrogen-bond acceptors (Lipinski definition) is 1. The average Bonchev–Trinajstić information content (AvgIpc) is 2.05. The topological polar surface area (TPSA) is 9.23 Å². The van der Waals surface area contributed by atoms with E-state index in [1.165, 1.54) is 0 Å². The lowest BCUT2D eigenvalue weighted by atomic mass is 10.0. The van der Waals surface area contributed by atoms with Gasteiger partial charge in [-0.05, 0) is 6.92 Å². The Kier molecular flexibility index (Phi) is 6.39. The molecule has 1 unspecified atom stereocenters. The lowest BCUT2D eigenvalue weighted by Crippen LogP contribution is -2.04. The smallest absolute Gasteiger partial charge is 0.0528 e. The molecule has 1 nitrogen and oxygen atoms in total. The van der Waals surface area contributed by atoms with Crippen LogP contribution in [-0.4, -0.2) is 13.7 Å². The highest BCUT2D eigenvalue weighted by atomic mass is 16.5. The van der Waals surface area contributed by atoms with E-state index in [1.54, 1.807) is 7.11 Å². The molecule has 1 atom stereocenters. The molecule has 0 spiro atoms. The third-order valence-corrected chi connectivity index (χ3v) is 1.66. The first-order valence-electron chi connectivity index (χ1n) is 4.19. The van der Waals surface area contributed by atoms with E-state index in [4.69, 9.17) is 4.74 Å². The third-order valence-electron chi connectivity index (χ3n) is 1.66. The van der Waals surface area contributed by atoms with Crippen molar-refractivity contribution in [3.8, 4) is 0 Å². The average molecular weight is 166 g/mol. The van der Waals surface area contributed by atoms with Gasteiger partial charge in [-0.25, -0.2) is 0 Å². The van der Waals surface area contributed by atoms with Gasteiger partial charge in [0.2, 0.25) is 0 Å². The maximum Gasteiger partial charge on any atom is 0.0528 e. The van der Waals surface area contributed by atoms with Gasteiger partial charge in [-0.3, -0.25) is 0 Å². The summed E-state index contributed by atoms with van der Waals surface area (Å²) in [6.45, 7) is 8.77. The zero-order valence-electron chi connectivity index (χ0n) is 8.21. The second-order valence-corrected chi connectivity index (χ2v) is 2.82. The van der Waals surface area contributed by atoms with Crippen LogP contribution in [0.3, 0.4) is 0 Å². The predicted molar refractivity (Wildman–Crippen MR) is 54.1 cm³/mol. The molecule has 0 fully saturated rings. The Labute approximate surface area is 75.4 Å². The van der Waals surface area contributed by atoms with E-state index in [1.807, 2.05) is 31.2 Å². The van der Waals surface area contributed by atoms with E-state index < -0.39 is 0 Å². The van der Waals surface area contributed by atoms with E-state index in [-0.39, 0.29) is 0 Å². The molecule has 0 saturated carbocycles. The highest BCUT2D eigenvalue weighted by molar-refractivity contribution is 5.20. The van der Waals surface area contributed by atoms with Crippen LogP contribution in [0.1, 0.15) is 13.8 Å². The molecule has 0 aromatic heterocycles. The van der Waals surface area contributed by atoms with Gasteiger partial charge >= 0.3 is 0 Å². The Bertz CT molecular complexity index is 177. The van der Waals surface area contributed by atoms with Crippen molar-refractivity contribution in [1.82, 2.24) is 0 Å². The summed E-state index contributed by atoms with van der Waals surface area (Å²) in [5.41, 5.74) is 1.11. The molecule has 0 N–H and O–H groups in total. The molecule has 12 heavy (non-hydrogen) atoms. The molecule has 0 saturated heterocycles. The van der Waals surface area contributed by atoms with E-state index in [0.717, 1.165) is 12.2 Å². The summed E-state index contributed by atoms with van der Waals surface area (Å²) >= 11 is 0. The summed E-state index contributed by atoms with van der Waals surface area (Å²) < 4.78 is 5.02. The second-order valence-electron chi connectivity index (χ2n) is 2.82. The first-order valence-corrected chi connectivity index (χ1v) is 4.19. The van der Waals surface area contributed by atoms with Gasteiger partial charge in [0, 0.05) is 13.0 Å². The highest BCUT2D eigenvalue weighted by Crippen LogP contribution is 2.09. The molecule has 0 aliphatic rings. The zero-order chi connectivity index (χ0) is 9.40. The zero-order valence-corrected chi connectivity index (χ0v) is 8.21. The SMILES string of the molecule is C=C(/C=C\C=C/C)C(C)COC. The van der Waals surface area contributed by atoms with Crippen molar-refractivity contribution in [3.05, 3.63) is 36.5 Å². The molecule has 0 amide bonds. The van der Waals surface area contributed by atoms with Crippen molar-refractivity contribution in [1.29, 1.82) is 0 Å². The van der Waals surface area contributed by atoms with E-state index in [2.05, 4.69) is 13.5 Å². The fourth-order valence-electron chi connectivity index (χ4n) is 0.812. The fourth-order valence-corrected chi connectivity index (χ4v) is 0.812. The van der Waals surface area contributed by atoms with Crippen molar-refractivity contribution < 1.29 is 4.74 Å². The van der Waals surface area contributed by atoms with E-state index in [0.29, 0.717) is 5.92 Å². The van der Waals surface area contributed by atoms with Crippen LogP contribution in [0.2, 0.25) is 0 Å². The summed E-state index contributed by atoms with van der Waals surface area (Å²) in [5, 5.41) is 0. The van der Waals surface area contributed by atoms with Crippen molar-refractivity contribution in [3.63, 3.8) is 0 Å². The maximum absolute atomic E-state index is 5.02. The van der Waals surface area contributed by atoms with Gasteiger partial charge in [-0.2, -0.15) is 0 Å². The van der Waals surface area contributed by atoms with Crippen molar-refractivity contribution >= 4 is 0 Å². The number of hydrogen-bond donors (Lipinski definition) is 0. The number of allylic oxidation sites excluding steroid dienone is 4. The molecule has 1 heteroatoms. The summed E-state index contributed by atoms with van der Waals surface area (Å²) in [6.07, 6.45) is 7.99. The van der Waals surface area contributed by atoms with Gasteiger partial charge in [-0.1, -0.05) is 43.4 Å². The van der Waals surface area contributed by atoms with Gasteiger partial charge < -0.3 is 4.74 Å². The highest BCUT2D eigenvalue weighted by Gasteiger charge is 2.01. The van der Waals surface area contributed by atoms with E-state index >= 15 is 0 Å². The van der Waals surface area contributed by atoms with Crippen LogP contribution in [0.15, 0.2) is 36.5 Å². The van der Waals surface area contributed by atoms with Gasteiger partial charge in [0.1, 0.15) is 0 Å². The Balaban J connectivity index is 3.85. The molecule has 0 aliphatic carbocycles. The van der Waals surface area contributed by atoms with Gasteiger partial charge in [0.25, 0.3) is 0 Å². The monoisotopic (exact) mass is 166 g/mol. The number of methoxy groups -OCH3 is 1. The normalized spacial score (nSPS) is 14.2. The minimum Gasteiger partial charge on any atom is -0.384 e. The molecule has 0 radical (unpaired) electrons. The molecular formula is C11H18O. The van der Waals surface area contributed by atoms with E-state index in [9.17, 15) is 0 Å². The third kappa shape index (κ3) is 4.91. The Hall–Kier alpha value is -0.820. The Morgan fingerprint density at radius 2 is 2.17 bits per heavy atom. The summed E-state index contributed by atoms with van der Waals surface area (Å²) in [4.78, 5) is 0. The minimum absolute atomic E-state index is 0.400.